The van der Waals surface area contributed by atoms with E-state index in [9.17, 15) is 4.79 Å². The predicted octanol–water partition coefficient (Wildman–Crippen LogP) is 0.967. The summed E-state index contributed by atoms with van der Waals surface area (Å²) in [6, 6.07) is 0. The summed E-state index contributed by atoms with van der Waals surface area (Å²) < 4.78 is 5.16. The molecule has 4 heteroatoms. The highest BCUT2D eigenvalue weighted by atomic mass is 16.5. The van der Waals surface area contributed by atoms with Crippen molar-refractivity contribution in [3.05, 3.63) is 0 Å². The molecule has 1 amide bonds. The monoisotopic (exact) mass is 240 g/mol. The third kappa shape index (κ3) is 3.68. The van der Waals surface area contributed by atoms with Crippen LogP contribution >= 0.6 is 0 Å². The molecule has 98 valence electrons. The molecule has 1 saturated carbocycles. The molecule has 0 aromatic rings. The normalized spacial score (nSPS) is 22.5. The van der Waals surface area contributed by atoms with Crippen LogP contribution in [0.5, 0.6) is 0 Å². The molecular weight excluding hydrogens is 216 g/mol. The third-order valence-corrected chi connectivity index (χ3v) is 3.90. The number of hydrogen-bond donors (Lipinski definition) is 0. The molecule has 17 heavy (non-hydrogen) atoms. The Hall–Kier alpha value is -0.610. The maximum absolute atomic E-state index is 11.7. The lowest BCUT2D eigenvalue weighted by Gasteiger charge is -2.38. The summed E-state index contributed by atoms with van der Waals surface area (Å²) in [5.74, 6) is 1.08. The first kappa shape index (κ1) is 12.8. The summed E-state index contributed by atoms with van der Waals surface area (Å²) in [7, 11) is 0. The average Bonchev–Trinajstić information content (AvgIpc) is 2.31. The van der Waals surface area contributed by atoms with Gasteiger partial charge in [0.25, 0.3) is 0 Å². The van der Waals surface area contributed by atoms with Crippen molar-refractivity contribution in [2.75, 3.05) is 45.9 Å². The van der Waals surface area contributed by atoms with Crippen LogP contribution in [0.2, 0.25) is 0 Å². The van der Waals surface area contributed by atoms with E-state index in [1.807, 2.05) is 11.8 Å². The summed E-state index contributed by atoms with van der Waals surface area (Å²) >= 11 is 0. The van der Waals surface area contributed by atoms with E-state index in [1.165, 1.54) is 25.8 Å². The van der Waals surface area contributed by atoms with Crippen molar-refractivity contribution in [1.29, 1.82) is 0 Å². The van der Waals surface area contributed by atoms with Gasteiger partial charge < -0.3 is 9.64 Å². The lowest BCUT2D eigenvalue weighted by molar-refractivity contribution is -0.137. The molecule has 2 fully saturated rings. The zero-order chi connectivity index (χ0) is 12.1. The highest BCUT2D eigenvalue weighted by Crippen LogP contribution is 2.27. The van der Waals surface area contributed by atoms with Crippen LogP contribution in [-0.2, 0) is 9.53 Å². The summed E-state index contributed by atoms with van der Waals surface area (Å²) in [6.07, 6.45) is 4.23. The van der Waals surface area contributed by atoms with E-state index in [-0.39, 0.29) is 12.5 Å². The topological polar surface area (TPSA) is 32.8 Å². The molecule has 1 saturated heterocycles. The van der Waals surface area contributed by atoms with Gasteiger partial charge in [-0.05, 0) is 25.7 Å². The standard InChI is InChI=1S/C13H24N2O2/c1-2-17-11-13(16)15-8-6-14(7-9-15)10-12-4-3-5-12/h12H,2-11H2,1H3. The number of hydrogen-bond acceptors (Lipinski definition) is 3. The van der Waals surface area contributed by atoms with Gasteiger partial charge in [0.05, 0.1) is 0 Å². The maximum atomic E-state index is 11.7. The summed E-state index contributed by atoms with van der Waals surface area (Å²) in [5.41, 5.74) is 0. The van der Waals surface area contributed by atoms with E-state index >= 15 is 0 Å². The van der Waals surface area contributed by atoms with E-state index in [0.29, 0.717) is 6.61 Å². The van der Waals surface area contributed by atoms with Gasteiger partial charge in [-0.15, -0.1) is 0 Å². The molecule has 0 N–H and O–H groups in total. The second-order valence-electron chi connectivity index (χ2n) is 5.12. The van der Waals surface area contributed by atoms with Crippen LogP contribution in [0.15, 0.2) is 0 Å². The number of ether oxygens (including phenoxy) is 1. The van der Waals surface area contributed by atoms with Crippen molar-refractivity contribution in [1.82, 2.24) is 9.80 Å². The van der Waals surface area contributed by atoms with Crippen LogP contribution in [0, 0.1) is 5.92 Å². The minimum absolute atomic E-state index is 0.148. The van der Waals surface area contributed by atoms with Crippen molar-refractivity contribution in [3.8, 4) is 0 Å². The van der Waals surface area contributed by atoms with Crippen LogP contribution in [0.3, 0.4) is 0 Å². The van der Waals surface area contributed by atoms with Gasteiger partial charge in [0.1, 0.15) is 6.61 Å². The quantitative estimate of drug-likeness (QED) is 0.718. The lowest BCUT2D eigenvalue weighted by Crippen LogP contribution is -2.51. The Morgan fingerprint density at radius 1 is 1.24 bits per heavy atom. The van der Waals surface area contributed by atoms with Gasteiger partial charge in [-0.3, -0.25) is 9.69 Å². The second-order valence-corrected chi connectivity index (χ2v) is 5.12. The summed E-state index contributed by atoms with van der Waals surface area (Å²) in [5, 5.41) is 0. The van der Waals surface area contributed by atoms with Crippen LogP contribution in [0.4, 0.5) is 0 Å². The molecule has 2 rings (SSSR count). The predicted molar refractivity (Wildman–Crippen MR) is 66.9 cm³/mol. The van der Waals surface area contributed by atoms with Gasteiger partial charge in [-0.1, -0.05) is 6.42 Å². The Morgan fingerprint density at radius 3 is 2.47 bits per heavy atom. The number of rotatable bonds is 5. The van der Waals surface area contributed by atoms with Crippen molar-refractivity contribution >= 4 is 5.91 Å². The summed E-state index contributed by atoms with van der Waals surface area (Å²) in [4.78, 5) is 16.2. The van der Waals surface area contributed by atoms with Crippen LogP contribution in [0.1, 0.15) is 26.2 Å². The number of amides is 1. The van der Waals surface area contributed by atoms with Crippen LogP contribution in [-0.4, -0.2) is 61.6 Å². The fraction of sp³-hybridized carbons (Fsp3) is 0.923. The fourth-order valence-corrected chi connectivity index (χ4v) is 2.50. The van der Waals surface area contributed by atoms with Crippen molar-refractivity contribution in [2.45, 2.75) is 26.2 Å². The molecule has 0 radical (unpaired) electrons. The first-order valence-corrected chi connectivity index (χ1v) is 6.87. The Balaban J connectivity index is 1.64. The van der Waals surface area contributed by atoms with Gasteiger partial charge in [0.15, 0.2) is 0 Å². The smallest absolute Gasteiger partial charge is 0.248 e. The minimum atomic E-state index is 0.148. The van der Waals surface area contributed by atoms with E-state index in [4.69, 9.17) is 4.74 Å². The minimum Gasteiger partial charge on any atom is -0.372 e. The molecule has 0 bridgehead atoms. The van der Waals surface area contributed by atoms with Gasteiger partial charge >= 0.3 is 0 Å². The molecule has 4 nitrogen and oxygen atoms in total. The van der Waals surface area contributed by atoms with Gasteiger partial charge in [-0.2, -0.15) is 0 Å². The van der Waals surface area contributed by atoms with Gasteiger partial charge in [0, 0.05) is 39.3 Å². The molecule has 0 spiro atoms. The van der Waals surface area contributed by atoms with E-state index < -0.39 is 0 Å². The Bertz CT molecular complexity index is 246. The van der Waals surface area contributed by atoms with Crippen molar-refractivity contribution in [2.24, 2.45) is 5.92 Å². The molecular formula is C13H24N2O2. The molecule has 0 aromatic carbocycles. The van der Waals surface area contributed by atoms with Gasteiger partial charge in [0.2, 0.25) is 5.91 Å². The van der Waals surface area contributed by atoms with Gasteiger partial charge in [-0.25, -0.2) is 0 Å². The SMILES string of the molecule is CCOCC(=O)N1CCN(CC2CCC2)CC1. The lowest BCUT2D eigenvalue weighted by atomic mass is 9.85. The van der Waals surface area contributed by atoms with E-state index in [1.54, 1.807) is 0 Å². The van der Waals surface area contributed by atoms with Crippen molar-refractivity contribution in [3.63, 3.8) is 0 Å². The first-order valence-electron chi connectivity index (χ1n) is 6.87. The zero-order valence-electron chi connectivity index (χ0n) is 10.9. The first-order chi connectivity index (χ1) is 8.29. The number of carbonyl (C=O) groups is 1. The highest BCUT2D eigenvalue weighted by molar-refractivity contribution is 5.77. The average molecular weight is 240 g/mol. The van der Waals surface area contributed by atoms with E-state index in [2.05, 4.69) is 4.90 Å². The molecule has 1 aliphatic heterocycles. The Morgan fingerprint density at radius 2 is 1.94 bits per heavy atom. The number of piperazine rings is 1. The molecule has 2 aliphatic rings. The Labute approximate surface area is 104 Å². The fourth-order valence-electron chi connectivity index (χ4n) is 2.50. The van der Waals surface area contributed by atoms with E-state index in [0.717, 1.165) is 32.1 Å². The molecule has 0 atom stereocenters. The van der Waals surface area contributed by atoms with Crippen molar-refractivity contribution < 1.29 is 9.53 Å². The highest BCUT2D eigenvalue weighted by Gasteiger charge is 2.25. The van der Waals surface area contributed by atoms with Crippen LogP contribution in [0.25, 0.3) is 0 Å². The number of nitrogens with zero attached hydrogens (tertiary/aromatic N) is 2. The van der Waals surface area contributed by atoms with Crippen LogP contribution < -0.4 is 0 Å². The summed E-state index contributed by atoms with van der Waals surface area (Å²) in [6.45, 7) is 7.85. The zero-order valence-corrected chi connectivity index (χ0v) is 10.9. The molecule has 1 aliphatic carbocycles. The second kappa shape index (κ2) is 6.36. The maximum Gasteiger partial charge on any atom is 0.248 e. The number of carbonyl (C=O) groups excluding carboxylic acids is 1. The molecule has 0 unspecified atom stereocenters. The largest absolute Gasteiger partial charge is 0.372 e. The third-order valence-electron chi connectivity index (χ3n) is 3.90. The Kier molecular flexibility index (Phi) is 4.80. The molecule has 0 aromatic heterocycles. The molecule has 1 heterocycles.